The molecule has 0 saturated carbocycles. The Kier molecular flexibility index (Phi) is 6.04. The number of hydrogen-bond acceptors (Lipinski definition) is 6. The standard InChI is InChI=1S/C19H26BNO6/c1-18(2)19(3,4)27-20(26-18)14(11-21)10-13-8-12(6-7-16(22)23)9-15(25-5)17(13)24/h6-10,24H,11,21H2,1-5H3,(H,22,23). The number of nitrogens with two attached hydrogens (primary N) is 1. The van der Waals surface area contributed by atoms with E-state index in [0.717, 1.165) is 6.08 Å². The summed E-state index contributed by atoms with van der Waals surface area (Å²) in [6.45, 7) is 7.93. The van der Waals surface area contributed by atoms with Crippen molar-refractivity contribution in [3.63, 3.8) is 0 Å². The van der Waals surface area contributed by atoms with Gasteiger partial charge in [-0.05, 0) is 56.9 Å². The number of carboxylic acid groups (broad SMARTS) is 1. The summed E-state index contributed by atoms with van der Waals surface area (Å²) < 4.78 is 17.2. The fourth-order valence-corrected chi connectivity index (χ4v) is 2.60. The normalized spacial score (nSPS) is 18.9. The molecule has 1 aromatic rings. The molecule has 27 heavy (non-hydrogen) atoms. The summed E-state index contributed by atoms with van der Waals surface area (Å²) in [5.41, 5.74) is 6.50. The Morgan fingerprint density at radius 3 is 2.33 bits per heavy atom. The molecule has 1 aliphatic rings. The van der Waals surface area contributed by atoms with Crippen LogP contribution >= 0.6 is 0 Å². The second-order valence-corrected chi connectivity index (χ2v) is 7.34. The van der Waals surface area contributed by atoms with Gasteiger partial charge < -0.3 is 30.0 Å². The Hall–Kier alpha value is -2.29. The van der Waals surface area contributed by atoms with Crippen molar-refractivity contribution >= 4 is 25.2 Å². The maximum absolute atomic E-state index is 10.8. The van der Waals surface area contributed by atoms with E-state index in [-0.39, 0.29) is 18.0 Å². The van der Waals surface area contributed by atoms with Crippen molar-refractivity contribution in [1.82, 2.24) is 0 Å². The van der Waals surface area contributed by atoms with Gasteiger partial charge >= 0.3 is 13.1 Å². The maximum Gasteiger partial charge on any atom is 0.491 e. The summed E-state index contributed by atoms with van der Waals surface area (Å²) in [5, 5.41) is 19.3. The molecule has 0 bridgehead atoms. The summed E-state index contributed by atoms with van der Waals surface area (Å²) in [5.74, 6) is -0.925. The highest BCUT2D eigenvalue weighted by Gasteiger charge is 2.52. The third-order valence-corrected chi connectivity index (χ3v) is 4.90. The molecule has 0 aromatic heterocycles. The van der Waals surface area contributed by atoms with Crippen molar-refractivity contribution in [2.45, 2.75) is 38.9 Å². The largest absolute Gasteiger partial charge is 0.504 e. The van der Waals surface area contributed by atoms with Gasteiger partial charge in [0.25, 0.3) is 0 Å². The van der Waals surface area contributed by atoms with Crippen LogP contribution in [-0.4, -0.2) is 48.2 Å². The van der Waals surface area contributed by atoms with Crippen LogP contribution < -0.4 is 10.5 Å². The number of benzene rings is 1. The van der Waals surface area contributed by atoms with E-state index < -0.39 is 24.3 Å². The van der Waals surface area contributed by atoms with Crippen molar-refractivity contribution in [2.75, 3.05) is 13.7 Å². The van der Waals surface area contributed by atoms with Gasteiger partial charge in [0.2, 0.25) is 0 Å². The lowest BCUT2D eigenvalue weighted by Crippen LogP contribution is -2.41. The Morgan fingerprint density at radius 2 is 1.85 bits per heavy atom. The predicted molar refractivity (Wildman–Crippen MR) is 104 cm³/mol. The van der Waals surface area contributed by atoms with Gasteiger partial charge in [-0.2, -0.15) is 0 Å². The fourth-order valence-electron chi connectivity index (χ4n) is 2.60. The smallest absolute Gasteiger partial charge is 0.491 e. The highest BCUT2D eigenvalue weighted by molar-refractivity contribution is 6.56. The van der Waals surface area contributed by atoms with Gasteiger partial charge in [-0.3, -0.25) is 0 Å². The molecule has 7 nitrogen and oxygen atoms in total. The summed E-state index contributed by atoms with van der Waals surface area (Å²) in [6.07, 6.45) is 4.11. The molecule has 1 aromatic carbocycles. The van der Waals surface area contributed by atoms with Gasteiger partial charge in [-0.1, -0.05) is 6.08 Å². The first-order valence-corrected chi connectivity index (χ1v) is 8.59. The molecular weight excluding hydrogens is 349 g/mol. The number of methoxy groups -OCH3 is 1. The van der Waals surface area contributed by atoms with Crippen LogP contribution in [0.15, 0.2) is 23.7 Å². The van der Waals surface area contributed by atoms with Crippen LogP contribution in [0.1, 0.15) is 38.8 Å². The Labute approximate surface area is 159 Å². The van der Waals surface area contributed by atoms with Gasteiger partial charge in [-0.15, -0.1) is 0 Å². The zero-order chi connectivity index (χ0) is 20.4. The summed E-state index contributed by atoms with van der Waals surface area (Å²) in [4.78, 5) is 10.8. The van der Waals surface area contributed by atoms with E-state index >= 15 is 0 Å². The number of aromatic hydroxyl groups is 1. The predicted octanol–water partition coefficient (Wildman–Crippen LogP) is 2.47. The summed E-state index contributed by atoms with van der Waals surface area (Å²) >= 11 is 0. The van der Waals surface area contributed by atoms with Crippen LogP contribution in [0.4, 0.5) is 0 Å². The highest BCUT2D eigenvalue weighted by Crippen LogP contribution is 2.39. The number of aliphatic carboxylic acids is 1. The van der Waals surface area contributed by atoms with Crippen molar-refractivity contribution in [2.24, 2.45) is 5.73 Å². The van der Waals surface area contributed by atoms with Crippen molar-refractivity contribution in [1.29, 1.82) is 0 Å². The molecular formula is C19H26BNO6. The average molecular weight is 375 g/mol. The molecule has 0 radical (unpaired) electrons. The lowest BCUT2D eigenvalue weighted by Gasteiger charge is -2.32. The molecule has 0 aliphatic carbocycles. The number of phenolic OH excluding ortho intramolecular Hbond substituents is 1. The molecule has 1 fully saturated rings. The van der Waals surface area contributed by atoms with Crippen LogP contribution in [0.5, 0.6) is 11.5 Å². The quantitative estimate of drug-likeness (QED) is 0.517. The molecule has 0 atom stereocenters. The molecule has 1 saturated heterocycles. The summed E-state index contributed by atoms with van der Waals surface area (Å²) in [7, 11) is 0.773. The first-order chi connectivity index (χ1) is 12.5. The summed E-state index contributed by atoms with van der Waals surface area (Å²) in [6, 6.07) is 3.18. The first kappa shape index (κ1) is 21.0. The maximum atomic E-state index is 10.8. The van der Waals surface area contributed by atoms with Crippen LogP contribution in [0.25, 0.3) is 12.2 Å². The lowest BCUT2D eigenvalue weighted by atomic mass is 9.77. The van der Waals surface area contributed by atoms with E-state index in [2.05, 4.69) is 0 Å². The molecule has 2 rings (SSSR count). The van der Waals surface area contributed by atoms with Crippen molar-refractivity contribution in [3.8, 4) is 11.5 Å². The topological polar surface area (TPSA) is 111 Å². The monoisotopic (exact) mass is 375 g/mol. The molecule has 0 spiro atoms. The van der Waals surface area contributed by atoms with Crippen molar-refractivity contribution < 1.29 is 29.1 Å². The van der Waals surface area contributed by atoms with E-state index in [1.54, 1.807) is 18.2 Å². The van der Waals surface area contributed by atoms with Gasteiger partial charge in [0.15, 0.2) is 11.5 Å². The number of ether oxygens (including phenoxy) is 1. The van der Waals surface area contributed by atoms with Gasteiger partial charge in [-0.25, -0.2) is 4.79 Å². The molecule has 8 heteroatoms. The first-order valence-electron chi connectivity index (χ1n) is 8.59. The third-order valence-electron chi connectivity index (χ3n) is 4.90. The second kappa shape index (κ2) is 7.76. The van der Waals surface area contributed by atoms with Crippen LogP contribution in [0, 0.1) is 0 Å². The molecule has 0 unspecified atom stereocenters. The van der Waals surface area contributed by atoms with Gasteiger partial charge in [0.1, 0.15) is 0 Å². The number of hydrogen-bond donors (Lipinski definition) is 3. The Bertz CT molecular complexity index is 769. The van der Waals surface area contributed by atoms with E-state index in [1.165, 1.54) is 13.2 Å². The number of rotatable bonds is 6. The van der Waals surface area contributed by atoms with Gasteiger partial charge in [0, 0.05) is 18.2 Å². The molecule has 4 N–H and O–H groups in total. The number of carbonyl (C=O) groups is 1. The van der Waals surface area contributed by atoms with E-state index in [1.807, 2.05) is 27.7 Å². The Balaban J connectivity index is 2.46. The number of phenols is 1. The molecule has 1 aliphatic heterocycles. The fraction of sp³-hybridized carbons (Fsp3) is 0.421. The number of carboxylic acids is 1. The minimum atomic E-state index is -1.07. The third kappa shape index (κ3) is 4.52. The molecule has 1 heterocycles. The van der Waals surface area contributed by atoms with Crippen LogP contribution in [0.2, 0.25) is 0 Å². The van der Waals surface area contributed by atoms with Gasteiger partial charge in [0.05, 0.1) is 18.3 Å². The SMILES string of the molecule is COc1cc(C=CC(=O)O)cc(C=C(CN)B2OC(C)(C)C(C)(C)O2)c1O. The second-order valence-electron chi connectivity index (χ2n) is 7.34. The van der Waals surface area contributed by atoms with Crippen LogP contribution in [-0.2, 0) is 14.1 Å². The van der Waals surface area contributed by atoms with E-state index in [4.69, 9.17) is 24.9 Å². The Morgan fingerprint density at radius 1 is 1.26 bits per heavy atom. The zero-order valence-electron chi connectivity index (χ0n) is 16.3. The zero-order valence-corrected chi connectivity index (χ0v) is 16.3. The van der Waals surface area contributed by atoms with Crippen molar-refractivity contribution in [3.05, 3.63) is 34.8 Å². The minimum Gasteiger partial charge on any atom is -0.504 e. The minimum absolute atomic E-state index is 0.0764. The van der Waals surface area contributed by atoms with E-state index in [0.29, 0.717) is 16.6 Å². The molecule has 0 amide bonds. The molecule has 146 valence electrons. The highest BCUT2D eigenvalue weighted by atomic mass is 16.7. The lowest BCUT2D eigenvalue weighted by molar-refractivity contribution is -0.131. The average Bonchev–Trinajstić information content (AvgIpc) is 2.80. The van der Waals surface area contributed by atoms with E-state index in [9.17, 15) is 9.90 Å². The van der Waals surface area contributed by atoms with Crippen LogP contribution in [0.3, 0.4) is 0 Å².